The molecule has 138 valence electrons. The highest BCUT2D eigenvalue weighted by molar-refractivity contribution is 8.03. The smallest absolute Gasteiger partial charge is 0.342 e. The summed E-state index contributed by atoms with van der Waals surface area (Å²) in [5.41, 5.74) is 0.203. The van der Waals surface area contributed by atoms with Gasteiger partial charge in [0.2, 0.25) is 5.43 Å². The Balaban J connectivity index is 2.02. The number of rotatable bonds is 3. The molecule has 0 bridgehead atoms. The van der Waals surface area contributed by atoms with Crippen molar-refractivity contribution in [2.75, 3.05) is 43.1 Å². The van der Waals surface area contributed by atoms with Crippen LogP contribution in [0, 0.1) is 5.82 Å². The summed E-state index contributed by atoms with van der Waals surface area (Å²) in [6.45, 7) is 2.93. The van der Waals surface area contributed by atoms with Crippen LogP contribution in [0.3, 0.4) is 0 Å². The van der Waals surface area contributed by atoms with Crippen LogP contribution in [0.15, 0.2) is 22.0 Å². The Morgan fingerprint density at radius 2 is 2.12 bits per heavy atom. The van der Waals surface area contributed by atoms with Crippen LogP contribution >= 0.6 is 23.5 Å². The van der Waals surface area contributed by atoms with Crippen molar-refractivity contribution in [3.63, 3.8) is 0 Å². The van der Waals surface area contributed by atoms with E-state index in [1.54, 1.807) is 17.8 Å². The molecule has 0 amide bonds. The molecular weight excluding hydrogens is 377 g/mol. The lowest BCUT2D eigenvalue weighted by Gasteiger charge is -2.30. The zero-order chi connectivity index (χ0) is 18.4. The number of carboxylic acid groups (broad SMARTS) is 1. The number of aromatic nitrogens is 1. The first-order valence-corrected chi connectivity index (χ1v) is 10.6. The number of carbonyl (C=O) groups is 1. The second-order valence-electron chi connectivity index (χ2n) is 6.24. The highest BCUT2D eigenvalue weighted by Gasteiger charge is 2.32. The number of fused-ring (bicyclic) bond motifs is 3. The minimum atomic E-state index is -1.26. The fourth-order valence-electron chi connectivity index (χ4n) is 3.56. The molecular formula is C17H18FN3O3S2. The minimum absolute atomic E-state index is 0.0116. The molecule has 0 aliphatic carbocycles. The summed E-state index contributed by atoms with van der Waals surface area (Å²) in [4.78, 5) is 26.4. The summed E-state index contributed by atoms with van der Waals surface area (Å²) in [6, 6.07) is 2.91. The van der Waals surface area contributed by atoms with Crippen molar-refractivity contribution in [3.05, 3.63) is 33.7 Å². The normalized spacial score (nSPS) is 19.8. The van der Waals surface area contributed by atoms with Crippen molar-refractivity contribution in [3.8, 4) is 0 Å². The van der Waals surface area contributed by atoms with Gasteiger partial charge in [0.25, 0.3) is 0 Å². The van der Waals surface area contributed by atoms with Gasteiger partial charge in [-0.1, -0.05) is 0 Å². The van der Waals surface area contributed by atoms with E-state index in [0.29, 0.717) is 35.1 Å². The number of anilines is 1. The summed E-state index contributed by atoms with van der Waals surface area (Å²) in [5.74, 6) is -1.07. The number of hydrogen-bond acceptors (Lipinski definition) is 6. The van der Waals surface area contributed by atoms with Gasteiger partial charge in [0.1, 0.15) is 11.4 Å². The molecule has 1 aromatic heterocycles. The molecule has 9 heteroatoms. The molecule has 1 atom stereocenters. The molecule has 1 fully saturated rings. The predicted molar refractivity (Wildman–Crippen MR) is 103 cm³/mol. The van der Waals surface area contributed by atoms with E-state index in [-0.39, 0.29) is 16.3 Å². The SMILES string of the molecule is CSC1CSc2c(C(=O)O)c(=O)c3cc(F)c(N4CCNCC4)cc3n21. The Morgan fingerprint density at radius 1 is 1.38 bits per heavy atom. The first-order valence-electron chi connectivity index (χ1n) is 8.29. The number of nitrogens with one attached hydrogen (secondary N) is 1. The Bertz CT molecular complexity index is 957. The Hall–Kier alpha value is -1.71. The van der Waals surface area contributed by atoms with Gasteiger partial charge >= 0.3 is 5.97 Å². The van der Waals surface area contributed by atoms with Crippen LogP contribution < -0.4 is 15.6 Å². The molecule has 26 heavy (non-hydrogen) atoms. The van der Waals surface area contributed by atoms with Gasteiger partial charge in [-0.2, -0.15) is 0 Å². The molecule has 2 aromatic rings. The zero-order valence-electron chi connectivity index (χ0n) is 14.1. The van der Waals surface area contributed by atoms with E-state index < -0.39 is 17.2 Å². The predicted octanol–water partition coefficient (Wildman–Crippen LogP) is 2.22. The lowest BCUT2D eigenvalue weighted by molar-refractivity contribution is 0.0690. The van der Waals surface area contributed by atoms with Gasteiger partial charge in [0, 0.05) is 37.3 Å². The topological polar surface area (TPSA) is 74.6 Å². The van der Waals surface area contributed by atoms with E-state index in [1.165, 1.54) is 17.8 Å². The van der Waals surface area contributed by atoms with E-state index in [1.807, 2.05) is 15.7 Å². The average Bonchev–Trinajstić information content (AvgIpc) is 3.05. The van der Waals surface area contributed by atoms with E-state index in [0.717, 1.165) is 13.1 Å². The molecule has 1 saturated heterocycles. The van der Waals surface area contributed by atoms with Crippen LogP contribution in [0.1, 0.15) is 15.7 Å². The molecule has 0 saturated carbocycles. The maximum atomic E-state index is 14.8. The molecule has 0 spiro atoms. The Labute approximate surface area is 157 Å². The Morgan fingerprint density at radius 3 is 2.77 bits per heavy atom. The maximum Gasteiger partial charge on any atom is 0.342 e. The number of halogens is 1. The molecule has 2 aliphatic rings. The number of aromatic carboxylic acids is 1. The lowest BCUT2D eigenvalue weighted by Crippen LogP contribution is -2.44. The number of pyridine rings is 1. The molecule has 4 rings (SSSR count). The van der Waals surface area contributed by atoms with Crippen LogP contribution in [0.5, 0.6) is 0 Å². The van der Waals surface area contributed by atoms with Crippen molar-refractivity contribution >= 4 is 46.1 Å². The molecule has 1 aromatic carbocycles. The third-order valence-electron chi connectivity index (χ3n) is 4.82. The standard InChI is InChI=1S/C17H18FN3O3S2/c1-25-13-8-26-16-14(17(23)24)15(22)9-6-10(18)12(7-11(9)21(13)16)20-4-2-19-3-5-20/h6-7,13,19H,2-5,8H2,1H3,(H,23,24). The first kappa shape index (κ1) is 17.7. The largest absolute Gasteiger partial charge is 0.477 e. The molecule has 0 radical (unpaired) electrons. The van der Waals surface area contributed by atoms with Gasteiger partial charge in [-0.15, -0.1) is 23.5 Å². The van der Waals surface area contributed by atoms with Gasteiger partial charge in [-0.05, 0) is 18.4 Å². The van der Waals surface area contributed by atoms with Crippen LogP contribution in [-0.4, -0.2) is 53.8 Å². The number of thioether (sulfide) groups is 2. The summed E-state index contributed by atoms with van der Waals surface area (Å²) in [6.07, 6.45) is 1.95. The Kier molecular flexibility index (Phi) is 4.62. The number of piperazine rings is 1. The monoisotopic (exact) mass is 395 g/mol. The third-order valence-corrected chi connectivity index (χ3v) is 7.11. The zero-order valence-corrected chi connectivity index (χ0v) is 15.8. The highest BCUT2D eigenvalue weighted by Crippen LogP contribution is 2.43. The van der Waals surface area contributed by atoms with Crippen molar-refractivity contribution in [1.29, 1.82) is 0 Å². The van der Waals surface area contributed by atoms with Crippen LogP contribution in [-0.2, 0) is 0 Å². The molecule has 6 nitrogen and oxygen atoms in total. The van der Waals surface area contributed by atoms with E-state index in [9.17, 15) is 19.1 Å². The van der Waals surface area contributed by atoms with Gasteiger partial charge in [0.15, 0.2) is 0 Å². The quantitative estimate of drug-likeness (QED) is 0.825. The van der Waals surface area contributed by atoms with Gasteiger partial charge < -0.3 is 19.9 Å². The van der Waals surface area contributed by atoms with E-state index >= 15 is 0 Å². The van der Waals surface area contributed by atoms with Crippen LogP contribution in [0.25, 0.3) is 10.9 Å². The van der Waals surface area contributed by atoms with Gasteiger partial charge in [-0.3, -0.25) is 4.79 Å². The molecule has 1 unspecified atom stereocenters. The molecule has 2 aliphatic heterocycles. The minimum Gasteiger partial charge on any atom is -0.477 e. The van der Waals surface area contributed by atoms with Gasteiger partial charge in [0.05, 0.1) is 21.6 Å². The third kappa shape index (κ3) is 2.69. The van der Waals surface area contributed by atoms with Crippen molar-refractivity contribution in [2.24, 2.45) is 0 Å². The van der Waals surface area contributed by atoms with Crippen molar-refractivity contribution in [1.82, 2.24) is 9.88 Å². The second-order valence-corrected chi connectivity index (χ2v) is 8.27. The summed E-state index contributed by atoms with van der Waals surface area (Å²) >= 11 is 2.97. The number of hydrogen-bond donors (Lipinski definition) is 2. The average molecular weight is 395 g/mol. The molecule has 2 N–H and O–H groups in total. The summed E-state index contributed by atoms with van der Waals surface area (Å²) in [5, 5.41) is 13.4. The molecule has 3 heterocycles. The first-order chi connectivity index (χ1) is 12.5. The maximum absolute atomic E-state index is 14.8. The van der Waals surface area contributed by atoms with Gasteiger partial charge in [-0.25, -0.2) is 9.18 Å². The summed E-state index contributed by atoms with van der Waals surface area (Å²) < 4.78 is 16.7. The number of nitrogens with zero attached hydrogens (tertiary/aromatic N) is 2. The summed E-state index contributed by atoms with van der Waals surface area (Å²) in [7, 11) is 0. The second kappa shape index (κ2) is 6.79. The van der Waals surface area contributed by atoms with E-state index in [2.05, 4.69) is 5.32 Å². The van der Waals surface area contributed by atoms with E-state index in [4.69, 9.17) is 0 Å². The number of carboxylic acids is 1. The van der Waals surface area contributed by atoms with Crippen molar-refractivity contribution < 1.29 is 14.3 Å². The van der Waals surface area contributed by atoms with Crippen molar-refractivity contribution in [2.45, 2.75) is 10.4 Å². The fourth-order valence-corrected chi connectivity index (χ4v) is 5.94. The number of benzene rings is 1. The van der Waals surface area contributed by atoms with Crippen LogP contribution in [0.2, 0.25) is 0 Å². The highest BCUT2D eigenvalue weighted by atomic mass is 32.2. The lowest BCUT2D eigenvalue weighted by atomic mass is 10.1. The van der Waals surface area contributed by atoms with Crippen LogP contribution in [0.4, 0.5) is 10.1 Å². The fraction of sp³-hybridized carbons (Fsp3) is 0.412.